The van der Waals surface area contributed by atoms with Gasteiger partial charge in [0.05, 0.1) is 17.6 Å². The zero-order chi connectivity index (χ0) is 23.7. The molecule has 0 fully saturated rings. The summed E-state index contributed by atoms with van der Waals surface area (Å²) in [5.74, 6) is -0.408. The lowest BCUT2D eigenvalue weighted by atomic mass is 10.0. The lowest BCUT2D eigenvalue weighted by molar-refractivity contribution is -0.114. The van der Waals surface area contributed by atoms with E-state index in [0.29, 0.717) is 5.56 Å². The molecule has 0 atom stereocenters. The molecule has 0 radical (unpaired) electrons. The number of carbonyl (C=O) groups is 1. The minimum atomic E-state index is -0.284. The number of nitrogens with one attached hydrogen (secondary N) is 2. The number of hydrogen-bond acceptors (Lipinski definition) is 2. The molecule has 34 heavy (non-hydrogen) atoms. The highest BCUT2D eigenvalue weighted by molar-refractivity contribution is 5.94. The predicted molar refractivity (Wildman–Crippen MR) is 132 cm³/mol. The normalized spacial score (nSPS) is 11.0. The molecule has 1 heterocycles. The van der Waals surface area contributed by atoms with Crippen LogP contribution in [0.15, 0.2) is 97.1 Å². The van der Waals surface area contributed by atoms with Gasteiger partial charge >= 0.3 is 0 Å². The minimum Gasteiger partial charge on any atom is -0.326 e. The number of halogens is 1. The molecule has 168 valence electrons. The monoisotopic (exact) mass is 450 g/mol. The van der Waals surface area contributed by atoms with Crippen molar-refractivity contribution in [2.75, 3.05) is 5.32 Å². The first-order chi connectivity index (χ1) is 16.5. The Balaban J connectivity index is 1.59. The third-order valence-corrected chi connectivity index (χ3v) is 5.84. The van der Waals surface area contributed by atoms with E-state index < -0.39 is 0 Å². The van der Waals surface area contributed by atoms with Crippen molar-refractivity contribution in [2.24, 2.45) is 0 Å². The first-order valence-corrected chi connectivity index (χ1v) is 11.0. The third-order valence-electron chi connectivity index (χ3n) is 5.84. The van der Waals surface area contributed by atoms with E-state index in [1.807, 2.05) is 81.9 Å². The number of aromatic nitrogens is 2. The number of amides is 1. The molecule has 6 heteroatoms. The van der Waals surface area contributed by atoms with Crippen molar-refractivity contribution in [3.05, 3.63) is 114 Å². The smallest absolute Gasteiger partial charge is 0.221 e. The maximum atomic E-state index is 14.3. The van der Waals surface area contributed by atoms with Crippen LogP contribution >= 0.6 is 0 Å². The first kappa shape index (κ1) is 21.4. The van der Waals surface area contributed by atoms with Gasteiger partial charge in [0.1, 0.15) is 5.82 Å². The van der Waals surface area contributed by atoms with Crippen LogP contribution in [0.4, 0.5) is 10.1 Å². The molecule has 0 aliphatic heterocycles. The van der Waals surface area contributed by atoms with E-state index in [0.717, 1.165) is 33.5 Å². The van der Waals surface area contributed by atoms with E-state index in [2.05, 4.69) is 5.32 Å². The topological polar surface area (TPSA) is 62.8 Å². The van der Waals surface area contributed by atoms with Crippen molar-refractivity contribution in [1.29, 1.82) is 5.41 Å². The molecule has 0 aliphatic carbocycles. The van der Waals surface area contributed by atoms with Gasteiger partial charge in [-0.3, -0.25) is 14.8 Å². The van der Waals surface area contributed by atoms with Crippen LogP contribution in [-0.4, -0.2) is 15.0 Å². The number of fused-ring (bicyclic) bond motifs is 1. The Kier molecular flexibility index (Phi) is 5.55. The molecule has 4 aromatic carbocycles. The summed E-state index contributed by atoms with van der Waals surface area (Å²) in [6.45, 7) is 1.75. The van der Waals surface area contributed by atoms with Gasteiger partial charge in [-0.05, 0) is 42.0 Å². The summed E-state index contributed by atoms with van der Waals surface area (Å²) in [5.41, 5.74) is 5.97. The number of para-hydroxylation sites is 3. The fraction of sp³-hybridized carbons (Fsp3) is 0.0714. The summed E-state index contributed by atoms with van der Waals surface area (Å²) < 4.78 is 18.0. The molecule has 0 unspecified atom stereocenters. The van der Waals surface area contributed by atoms with Gasteiger partial charge in [-0.1, -0.05) is 60.7 Å². The lowest BCUT2D eigenvalue weighted by Crippen LogP contribution is -2.24. The number of imidazole rings is 1. The molecule has 0 aliphatic rings. The van der Waals surface area contributed by atoms with E-state index in [-0.39, 0.29) is 23.9 Å². The summed E-state index contributed by atoms with van der Waals surface area (Å²) in [4.78, 5) is 11.6. The number of benzene rings is 4. The molecule has 0 spiro atoms. The Morgan fingerprint density at radius 3 is 2.24 bits per heavy atom. The van der Waals surface area contributed by atoms with E-state index in [4.69, 9.17) is 5.41 Å². The molecule has 5 rings (SSSR count). The van der Waals surface area contributed by atoms with E-state index >= 15 is 0 Å². The van der Waals surface area contributed by atoms with Crippen molar-refractivity contribution in [3.63, 3.8) is 0 Å². The lowest BCUT2D eigenvalue weighted by Gasteiger charge is -2.11. The van der Waals surface area contributed by atoms with Gasteiger partial charge in [-0.15, -0.1) is 0 Å². The predicted octanol–water partition coefficient (Wildman–Crippen LogP) is 5.72. The molecule has 0 saturated heterocycles. The van der Waals surface area contributed by atoms with Crippen molar-refractivity contribution >= 4 is 22.6 Å². The number of rotatable bonds is 5. The summed E-state index contributed by atoms with van der Waals surface area (Å²) in [6, 6.07) is 29.9. The second kappa shape index (κ2) is 8.83. The van der Waals surface area contributed by atoms with Crippen molar-refractivity contribution in [3.8, 4) is 16.8 Å². The zero-order valence-corrected chi connectivity index (χ0v) is 18.6. The molecule has 5 nitrogen and oxygen atoms in total. The number of hydrogen-bond donors (Lipinski definition) is 2. The standard InChI is InChI=1S/C28H23FN4O/c1-19(34)31-25-11-5-3-9-23(25)20-14-16-22(17-15-20)33-27-13-7-6-12-26(27)32(28(33)30)18-21-8-2-4-10-24(21)29/h2-17,30H,18H2,1H3,(H,31,34). The van der Waals surface area contributed by atoms with Gasteiger partial charge in [0, 0.05) is 29.4 Å². The second-order valence-electron chi connectivity index (χ2n) is 8.10. The Morgan fingerprint density at radius 1 is 0.853 bits per heavy atom. The fourth-order valence-corrected chi connectivity index (χ4v) is 4.27. The van der Waals surface area contributed by atoms with Crippen LogP contribution in [0.3, 0.4) is 0 Å². The van der Waals surface area contributed by atoms with Crippen LogP contribution < -0.4 is 10.9 Å². The minimum absolute atomic E-state index is 0.124. The molecule has 1 amide bonds. The third kappa shape index (κ3) is 3.90. The molecule has 1 aromatic heterocycles. The van der Waals surface area contributed by atoms with Crippen LogP contribution in [0.1, 0.15) is 12.5 Å². The van der Waals surface area contributed by atoms with E-state index in [1.165, 1.54) is 13.0 Å². The van der Waals surface area contributed by atoms with Crippen molar-refractivity contribution in [2.45, 2.75) is 13.5 Å². The molecular weight excluding hydrogens is 427 g/mol. The quantitative estimate of drug-likeness (QED) is 0.353. The molecule has 0 saturated carbocycles. The summed E-state index contributed by atoms with van der Waals surface area (Å²) >= 11 is 0. The maximum absolute atomic E-state index is 14.3. The van der Waals surface area contributed by atoms with Crippen LogP contribution in [0.25, 0.3) is 27.8 Å². The Bertz CT molecular complexity index is 1560. The van der Waals surface area contributed by atoms with Crippen LogP contribution in [0.2, 0.25) is 0 Å². The van der Waals surface area contributed by atoms with Gasteiger partial charge in [0.25, 0.3) is 0 Å². The van der Waals surface area contributed by atoms with Crippen LogP contribution in [0.5, 0.6) is 0 Å². The van der Waals surface area contributed by atoms with Crippen molar-refractivity contribution in [1.82, 2.24) is 9.13 Å². The summed E-state index contributed by atoms with van der Waals surface area (Å²) in [5, 5.41) is 11.8. The SMILES string of the molecule is CC(=O)Nc1ccccc1-c1ccc(-n2c(=N)n(Cc3ccccc3F)c3ccccc32)cc1. The van der Waals surface area contributed by atoms with E-state index in [1.54, 1.807) is 18.2 Å². The zero-order valence-electron chi connectivity index (χ0n) is 18.6. The molecular formula is C28H23FN4O. The largest absolute Gasteiger partial charge is 0.326 e. The summed E-state index contributed by atoms with van der Waals surface area (Å²) in [6.07, 6.45) is 0. The summed E-state index contributed by atoms with van der Waals surface area (Å²) in [7, 11) is 0. The maximum Gasteiger partial charge on any atom is 0.221 e. The van der Waals surface area contributed by atoms with Crippen LogP contribution in [-0.2, 0) is 11.3 Å². The fourth-order valence-electron chi connectivity index (χ4n) is 4.27. The van der Waals surface area contributed by atoms with Crippen LogP contribution in [0, 0.1) is 11.2 Å². The number of carbonyl (C=O) groups excluding carboxylic acids is 1. The Labute approximate surface area is 196 Å². The Hall–Kier alpha value is -4.45. The van der Waals surface area contributed by atoms with E-state index in [9.17, 15) is 9.18 Å². The second-order valence-corrected chi connectivity index (χ2v) is 8.10. The highest BCUT2D eigenvalue weighted by Gasteiger charge is 2.14. The molecule has 5 aromatic rings. The van der Waals surface area contributed by atoms with Gasteiger partial charge in [-0.2, -0.15) is 0 Å². The van der Waals surface area contributed by atoms with Gasteiger partial charge < -0.3 is 9.88 Å². The Morgan fingerprint density at radius 2 is 1.50 bits per heavy atom. The average molecular weight is 451 g/mol. The highest BCUT2D eigenvalue weighted by Crippen LogP contribution is 2.29. The van der Waals surface area contributed by atoms with Gasteiger partial charge in [0.15, 0.2) is 0 Å². The van der Waals surface area contributed by atoms with Gasteiger partial charge in [-0.25, -0.2) is 4.39 Å². The molecule has 0 bridgehead atoms. The van der Waals surface area contributed by atoms with Crippen molar-refractivity contribution < 1.29 is 9.18 Å². The number of nitrogens with zero attached hydrogens (tertiary/aromatic N) is 2. The average Bonchev–Trinajstić information content (AvgIpc) is 3.12. The first-order valence-electron chi connectivity index (χ1n) is 11.0. The van der Waals surface area contributed by atoms with Gasteiger partial charge in [0.2, 0.25) is 11.5 Å². The highest BCUT2D eigenvalue weighted by atomic mass is 19.1. The molecule has 2 N–H and O–H groups in total. The number of anilines is 1.